The summed E-state index contributed by atoms with van der Waals surface area (Å²) in [6.07, 6.45) is 0. The summed E-state index contributed by atoms with van der Waals surface area (Å²) in [5.41, 5.74) is 4.85. The molecule has 0 aliphatic rings. The van der Waals surface area contributed by atoms with E-state index >= 15 is 0 Å². The van der Waals surface area contributed by atoms with Crippen LogP contribution in [0.1, 0.15) is 0 Å². The third-order valence-corrected chi connectivity index (χ3v) is 0.833. The third kappa shape index (κ3) is 4.25. The number of rotatable bonds is 1. The maximum absolute atomic E-state index is 9.74. The van der Waals surface area contributed by atoms with Gasteiger partial charge in [-0.1, -0.05) is 0 Å². The standard InChI is InChI=1S/C2H4NO.Zn/c3-1-2-4;/h1,3H2;. The van der Waals surface area contributed by atoms with E-state index < -0.39 is 0 Å². The molecule has 0 radical (unpaired) electrons. The molecule has 0 aliphatic heterocycles. The van der Waals surface area contributed by atoms with Crippen molar-refractivity contribution in [3.05, 3.63) is 0 Å². The van der Waals surface area contributed by atoms with Crippen LogP contribution < -0.4 is 5.73 Å². The summed E-state index contributed by atoms with van der Waals surface area (Å²) in [7, 11) is 0. The van der Waals surface area contributed by atoms with Crippen molar-refractivity contribution in [3.63, 3.8) is 0 Å². The van der Waals surface area contributed by atoms with E-state index in [4.69, 9.17) is 5.73 Å². The van der Waals surface area contributed by atoms with E-state index in [9.17, 15) is 4.79 Å². The molecule has 0 aromatic carbocycles. The molecule has 0 aromatic heterocycles. The van der Waals surface area contributed by atoms with E-state index in [-0.39, 0.29) is 10.9 Å². The zero-order valence-corrected chi connectivity index (χ0v) is 5.87. The van der Waals surface area contributed by atoms with Crippen molar-refractivity contribution in [1.29, 1.82) is 0 Å². The molecule has 25 valence electrons. The average Bonchev–Trinajstić information content (AvgIpc) is 1.38. The Bertz CT molecular complexity index is 44.9. The second-order valence-electron chi connectivity index (χ2n) is 0.743. The van der Waals surface area contributed by atoms with Crippen LogP contribution >= 0.6 is 0 Å². The molecule has 0 bridgehead atoms. The van der Waals surface area contributed by atoms with Crippen LogP contribution in [0, 0.1) is 0 Å². The first-order valence-corrected chi connectivity index (χ1v) is 2.80. The normalized spacial score (nSPS) is 7.80. The molecule has 0 aromatic rings. The van der Waals surface area contributed by atoms with Gasteiger partial charge >= 0.3 is 39.8 Å². The van der Waals surface area contributed by atoms with Crippen LogP contribution in [0.3, 0.4) is 0 Å². The zero-order chi connectivity index (χ0) is 4.28. The molecule has 0 rings (SSSR count). The van der Waals surface area contributed by atoms with E-state index in [1.165, 1.54) is 0 Å². The van der Waals surface area contributed by atoms with E-state index in [1.807, 2.05) is 0 Å². The predicted molar refractivity (Wildman–Crippen MR) is 14.1 cm³/mol. The maximum atomic E-state index is 9.74. The summed E-state index contributed by atoms with van der Waals surface area (Å²) in [5, 5.41) is 0. The summed E-state index contributed by atoms with van der Waals surface area (Å²) in [4.78, 5) is 9.74. The van der Waals surface area contributed by atoms with Crippen molar-refractivity contribution in [2.75, 3.05) is 6.54 Å². The van der Waals surface area contributed by atoms with Gasteiger partial charge in [-0.05, 0) is 0 Å². The molecule has 0 amide bonds. The first kappa shape index (κ1) is 5.25. The minimum absolute atomic E-state index is 0.157. The van der Waals surface area contributed by atoms with Crippen LogP contribution in [0.15, 0.2) is 0 Å². The minimum atomic E-state index is 0.157. The monoisotopic (exact) mass is 122 g/mol. The van der Waals surface area contributed by atoms with Crippen molar-refractivity contribution in [2.45, 2.75) is 0 Å². The SMILES string of the molecule is NC[C](=O)[Zn]. The fraction of sp³-hybridized carbons (Fsp3) is 0.500. The molecule has 2 nitrogen and oxygen atoms in total. The van der Waals surface area contributed by atoms with Gasteiger partial charge in [0.2, 0.25) is 0 Å². The van der Waals surface area contributed by atoms with Crippen molar-refractivity contribution in [2.24, 2.45) is 5.73 Å². The molecule has 0 fully saturated rings. The van der Waals surface area contributed by atoms with Gasteiger partial charge in [0.15, 0.2) is 0 Å². The average molecular weight is 123 g/mol. The molecule has 0 spiro atoms. The summed E-state index contributed by atoms with van der Waals surface area (Å²) in [6, 6.07) is 0. The Morgan fingerprint density at radius 2 is 2.20 bits per heavy atom. The van der Waals surface area contributed by atoms with Gasteiger partial charge in [0.05, 0.1) is 0 Å². The Morgan fingerprint density at radius 1 is 2.00 bits per heavy atom. The Labute approximate surface area is 40.4 Å². The van der Waals surface area contributed by atoms with Crippen molar-refractivity contribution >= 4 is 4.38 Å². The Morgan fingerprint density at radius 3 is 2.20 bits per heavy atom. The Kier molecular flexibility index (Phi) is 2.61. The second kappa shape index (κ2) is 2.49. The summed E-state index contributed by atoms with van der Waals surface area (Å²) in [5.74, 6) is 0. The van der Waals surface area contributed by atoms with Crippen molar-refractivity contribution in [1.82, 2.24) is 0 Å². The van der Waals surface area contributed by atoms with Gasteiger partial charge in [-0.15, -0.1) is 0 Å². The molecule has 0 saturated heterocycles. The molecule has 0 heterocycles. The number of carbonyl (C=O) groups is 1. The zero-order valence-electron chi connectivity index (χ0n) is 2.90. The Hall–Kier alpha value is 0.253. The first-order valence-electron chi connectivity index (χ1n) is 1.32. The summed E-state index contributed by atoms with van der Waals surface area (Å²) in [6.45, 7) is 0.222. The third-order valence-electron chi connectivity index (χ3n) is 0.228. The summed E-state index contributed by atoms with van der Waals surface area (Å²) >= 11 is 0.691. The number of hydrogen-bond donors (Lipinski definition) is 1. The van der Waals surface area contributed by atoms with Gasteiger partial charge in [0.25, 0.3) is 0 Å². The van der Waals surface area contributed by atoms with Crippen LogP contribution in [0.2, 0.25) is 0 Å². The van der Waals surface area contributed by atoms with Gasteiger partial charge in [0, 0.05) is 0 Å². The van der Waals surface area contributed by atoms with Crippen LogP contribution in [0.5, 0.6) is 0 Å². The van der Waals surface area contributed by atoms with Gasteiger partial charge in [-0.3, -0.25) is 0 Å². The van der Waals surface area contributed by atoms with Gasteiger partial charge < -0.3 is 0 Å². The quantitative estimate of drug-likeness (QED) is 0.456. The van der Waals surface area contributed by atoms with E-state index in [2.05, 4.69) is 0 Å². The molecular formula is C2H4NOZn. The fourth-order valence-electron chi connectivity index (χ4n) is 0. The predicted octanol–water partition coefficient (Wildman–Crippen LogP) is -0.982. The molecule has 0 saturated carbocycles. The van der Waals surface area contributed by atoms with Crippen molar-refractivity contribution in [3.8, 4) is 0 Å². The second-order valence-corrected chi connectivity index (χ2v) is 2.40. The molecular weight excluding hydrogens is 119 g/mol. The number of carbonyl (C=O) groups excluding carboxylic acids is 1. The molecule has 0 unspecified atom stereocenters. The van der Waals surface area contributed by atoms with Crippen LogP contribution in [0.4, 0.5) is 0 Å². The van der Waals surface area contributed by atoms with E-state index in [1.54, 1.807) is 0 Å². The molecule has 0 aliphatic carbocycles. The summed E-state index contributed by atoms with van der Waals surface area (Å²) < 4.78 is 0.157. The van der Waals surface area contributed by atoms with Gasteiger partial charge in [0.1, 0.15) is 0 Å². The van der Waals surface area contributed by atoms with Gasteiger partial charge in [-0.2, -0.15) is 0 Å². The van der Waals surface area contributed by atoms with Crippen LogP contribution in [-0.4, -0.2) is 10.9 Å². The molecule has 0 atom stereocenters. The molecule has 3 heteroatoms. The van der Waals surface area contributed by atoms with Crippen LogP contribution in [-0.2, 0) is 23.1 Å². The van der Waals surface area contributed by atoms with E-state index in [0.717, 1.165) is 0 Å². The number of hydrogen-bond acceptors (Lipinski definition) is 2. The van der Waals surface area contributed by atoms with Crippen LogP contribution in [0.25, 0.3) is 0 Å². The first-order chi connectivity index (χ1) is 2.27. The number of nitrogens with two attached hydrogens (primary N) is 1. The topological polar surface area (TPSA) is 43.1 Å². The Balaban J connectivity index is 2.85. The van der Waals surface area contributed by atoms with E-state index in [0.29, 0.717) is 18.3 Å². The van der Waals surface area contributed by atoms with Gasteiger partial charge in [-0.25, -0.2) is 0 Å². The molecule has 5 heavy (non-hydrogen) atoms. The molecule has 2 N–H and O–H groups in total. The fourth-order valence-corrected chi connectivity index (χ4v) is 0. The van der Waals surface area contributed by atoms with Crippen molar-refractivity contribution < 1.29 is 23.1 Å².